The van der Waals surface area contributed by atoms with Gasteiger partial charge in [0.1, 0.15) is 5.54 Å². The van der Waals surface area contributed by atoms with E-state index in [1.54, 1.807) is 19.1 Å². The molecule has 2 atom stereocenters. The van der Waals surface area contributed by atoms with Crippen molar-refractivity contribution in [2.75, 3.05) is 6.54 Å². The number of carbonyl (C=O) groups is 3. The first-order valence-electron chi connectivity index (χ1n) is 9.60. The molecule has 3 amide bonds. The van der Waals surface area contributed by atoms with E-state index in [4.69, 9.17) is 0 Å². The van der Waals surface area contributed by atoms with Gasteiger partial charge in [-0.25, -0.2) is 4.79 Å². The molecule has 5 heteroatoms. The van der Waals surface area contributed by atoms with Crippen molar-refractivity contribution < 1.29 is 14.4 Å². The number of benzene rings is 2. The third kappa shape index (κ3) is 3.57. The Bertz CT molecular complexity index is 902. The molecule has 2 aromatic carbocycles. The number of hydrogen-bond donors (Lipinski definition) is 1. The predicted molar refractivity (Wildman–Crippen MR) is 108 cm³/mol. The second-order valence-corrected chi connectivity index (χ2v) is 7.67. The third-order valence-electron chi connectivity index (χ3n) is 5.62. The number of amides is 3. The summed E-state index contributed by atoms with van der Waals surface area (Å²) in [6.45, 7) is 7.61. The summed E-state index contributed by atoms with van der Waals surface area (Å²) in [7, 11) is 0. The Morgan fingerprint density at radius 3 is 2.25 bits per heavy atom. The number of carbonyl (C=O) groups excluding carboxylic acids is 3. The molecule has 146 valence electrons. The number of urea groups is 1. The average molecular weight is 378 g/mol. The molecule has 1 heterocycles. The zero-order valence-corrected chi connectivity index (χ0v) is 16.8. The molecular formula is C23H26N2O3. The first kappa shape index (κ1) is 19.8. The van der Waals surface area contributed by atoms with Gasteiger partial charge in [-0.2, -0.15) is 0 Å². The zero-order chi connectivity index (χ0) is 20.5. The van der Waals surface area contributed by atoms with Gasteiger partial charge in [-0.1, -0.05) is 67.9 Å². The number of nitrogens with zero attached hydrogens (tertiary/aromatic N) is 1. The van der Waals surface area contributed by atoms with E-state index in [-0.39, 0.29) is 12.3 Å². The van der Waals surface area contributed by atoms with Crippen molar-refractivity contribution in [1.82, 2.24) is 10.2 Å². The normalized spacial score (nSPS) is 20.2. The number of aryl methyl sites for hydroxylation is 1. The van der Waals surface area contributed by atoms with E-state index in [1.807, 2.05) is 43.3 Å². The fraction of sp³-hybridized carbons (Fsp3) is 0.348. The molecule has 0 bridgehead atoms. The van der Waals surface area contributed by atoms with Crippen LogP contribution in [0.3, 0.4) is 0 Å². The fourth-order valence-corrected chi connectivity index (χ4v) is 3.39. The molecule has 1 N–H and O–H groups in total. The van der Waals surface area contributed by atoms with Crippen molar-refractivity contribution >= 4 is 17.7 Å². The fourth-order valence-electron chi connectivity index (χ4n) is 3.39. The average Bonchev–Trinajstić information content (AvgIpc) is 2.91. The van der Waals surface area contributed by atoms with E-state index in [9.17, 15) is 14.4 Å². The van der Waals surface area contributed by atoms with Crippen molar-refractivity contribution in [3.05, 3.63) is 70.8 Å². The Balaban J connectivity index is 1.77. The van der Waals surface area contributed by atoms with Gasteiger partial charge in [-0.15, -0.1) is 0 Å². The number of hydrogen-bond acceptors (Lipinski definition) is 3. The van der Waals surface area contributed by atoms with Crippen LogP contribution in [0, 0.1) is 6.92 Å². The van der Waals surface area contributed by atoms with E-state index < -0.39 is 17.5 Å². The topological polar surface area (TPSA) is 66.5 Å². The first-order valence-corrected chi connectivity index (χ1v) is 9.60. The molecule has 1 aliphatic rings. The van der Waals surface area contributed by atoms with Crippen LogP contribution in [0.15, 0.2) is 48.5 Å². The van der Waals surface area contributed by atoms with Gasteiger partial charge in [0.25, 0.3) is 5.91 Å². The van der Waals surface area contributed by atoms with Crippen LogP contribution in [0.1, 0.15) is 60.2 Å². The van der Waals surface area contributed by atoms with E-state index >= 15 is 0 Å². The lowest BCUT2D eigenvalue weighted by Crippen LogP contribution is -2.41. The maximum atomic E-state index is 13.0. The summed E-state index contributed by atoms with van der Waals surface area (Å²) in [5, 5.41) is 2.74. The Morgan fingerprint density at radius 1 is 1.07 bits per heavy atom. The van der Waals surface area contributed by atoms with Crippen LogP contribution in [0.2, 0.25) is 0 Å². The van der Waals surface area contributed by atoms with Crippen LogP contribution in [0.25, 0.3) is 0 Å². The number of imide groups is 1. The number of Topliss-reactive ketones (excluding diaryl/α,β-unsaturated/α-hetero) is 1. The Morgan fingerprint density at radius 2 is 1.68 bits per heavy atom. The van der Waals surface area contributed by atoms with Crippen molar-refractivity contribution in [1.29, 1.82) is 0 Å². The summed E-state index contributed by atoms with van der Waals surface area (Å²) in [5.41, 5.74) is 2.27. The summed E-state index contributed by atoms with van der Waals surface area (Å²) in [5.74, 6) is -0.247. The van der Waals surface area contributed by atoms with Gasteiger partial charge in [0.05, 0.1) is 6.54 Å². The molecule has 1 saturated heterocycles. The molecule has 28 heavy (non-hydrogen) atoms. The monoisotopic (exact) mass is 378 g/mol. The molecule has 0 aliphatic carbocycles. The van der Waals surface area contributed by atoms with Gasteiger partial charge < -0.3 is 5.32 Å². The maximum Gasteiger partial charge on any atom is 0.325 e. The van der Waals surface area contributed by atoms with Crippen LogP contribution in [0.5, 0.6) is 0 Å². The molecule has 1 fully saturated rings. The van der Waals surface area contributed by atoms with Gasteiger partial charge in [-0.05, 0) is 37.3 Å². The molecule has 3 rings (SSSR count). The standard InChI is InChI=1S/C23H26N2O3/c1-5-16(3)17-8-10-18(11-9-17)20(26)14-25-21(27)23(4,24-22(25)28)19-12-6-15(2)7-13-19/h6-13,16H,5,14H2,1-4H3,(H,24,28)/t16-,23+/m1/s1. The molecule has 5 nitrogen and oxygen atoms in total. The molecule has 0 unspecified atom stereocenters. The number of nitrogens with one attached hydrogen (secondary N) is 1. The molecule has 2 aromatic rings. The highest BCUT2D eigenvalue weighted by atomic mass is 16.2. The van der Waals surface area contributed by atoms with Crippen LogP contribution in [0.4, 0.5) is 4.79 Å². The maximum absolute atomic E-state index is 13.0. The minimum atomic E-state index is -1.16. The number of ketones is 1. The summed E-state index contributed by atoms with van der Waals surface area (Å²) in [4.78, 5) is 39.1. The van der Waals surface area contributed by atoms with Gasteiger partial charge in [0, 0.05) is 5.56 Å². The van der Waals surface area contributed by atoms with E-state index in [0.29, 0.717) is 17.0 Å². The Hall–Kier alpha value is -2.95. The van der Waals surface area contributed by atoms with Crippen molar-refractivity contribution in [3.8, 4) is 0 Å². The molecule has 0 radical (unpaired) electrons. The molecular weight excluding hydrogens is 352 g/mol. The van der Waals surface area contributed by atoms with Gasteiger partial charge in [-0.3, -0.25) is 14.5 Å². The van der Waals surface area contributed by atoms with Gasteiger partial charge in [0.15, 0.2) is 5.78 Å². The van der Waals surface area contributed by atoms with Crippen molar-refractivity contribution in [2.24, 2.45) is 0 Å². The summed E-state index contributed by atoms with van der Waals surface area (Å²) in [6, 6.07) is 14.3. The van der Waals surface area contributed by atoms with Crippen LogP contribution < -0.4 is 5.32 Å². The van der Waals surface area contributed by atoms with Crippen molar-refractivity contribution in [3.63, 3.8) is 0 Å². The quantitative estimate of drug-likeness (QED) is 0.606. The zero-order valence-electron chi connectivity index (χ0n) is 16.8. The molecule has 0 saturated carbocycles. The first-order chi connectivity index (χ1) is 13.3. The van der Waals surface area contributed by atoms with E-state index in [1.165, 1.54) is 5.56 Å². The highest BCUT2D eigenvalue weighted by Crippen LogP contribution is 2.29. The highest BCUT2D eigenvalue weighted by Gasteiger charge is 2.49. The second-order valence-electron chi connectivity index (χ2n) is 7.67. The number of rotatable bonds is 6. The molecule has 0 spiro atoms. The lowest BCUT2D eigenvalue weighted by atomic mass is 9.91. The minimum absolute atomic E-state index is 0.257. The minimum Gasteiger partial charge on any atom is -0.319 e. The highest BCUT2D eigenvalue weighted by molar-refractivity contribution is 6.11. The van der Waals surface area contributed by atoms with Gasteiger partial charge in [0.2, 0.25) is 0 Å². The smallest absolute Gasteiger partial charge is 0.319 e. The van der Waals surface area contributed by atoms with E-state index in [2.05, 4.69) is 19.2 Å². The summed E-state index contributed by atoms with van der Waals surface area (Å²) in [6.07, 6.45) is 1.02. The van der Waals surface area contributed by atoms with Crippen LogP contribution >= 0.6 is 0 Å². The lowest BCUT2D eigenvalue weighted by molar-refractivity contribution is -0.130. The van der Waals surface area contributed by atoms with Crippen molar-refractivity contribution in [2.45, 2.75) is 45.6 Å². The van der Waals surface area contributed by atoms with E-state index in [0.717, 1.165) is 16.9 Å². The Kier molecular flexibility index (Phi) is 5.36. The largest absolute Gasteiger partial charge is 0.325 e. The summed E-state index contributed by atoms with van der Waals surface area (Å²) < 4.78 is 0. The summed E-state index contributed by atoms with van der Waals surface area (Å²) >= 11 is 0. The van der Waals surface area contributed by atoms with Crippen LogP contribution in [-0.2, 0) is 10.3 Å². The third-order valence-corrected chi connectivity index (χ3v) is 5.62. The SMILES string of the molecule is CC[C@@H](C)c1ccc(C(=O)CN2C(=O)N[C@@](C)(c3ccc(C)cc3)C2=O)cc1. The predicted octanol–water partition coefficient (Wildman–Crippen LogP) is 4.16. The molecule has 1 aliphatic heterocycles. The van der Waals surface area contributed by atoms with Crippen LogP contribution in [-0.4, -0.2) is 29.2 Å². The lowest BCUT2D eigenvalue weighted by Gasteiger charge is -2.22. The Labute approximate surface area is 165 Å². The molecule has 0 aromatic heterocycles. The second kappa shape index (κ2) is 7.58. The van der Waals surface area contributed by atoms with Gasteiger partial charge >= 0.3 is 6.03 Å².